The van der Waals surface area contributed by atoms with E-state index in [0.717, 1.165) is 11.6 Å². The predicted octanol–water partition coefficient (Wildman–Crippen LogP) is 4.91. The Morgan fingerprint density at radius 3 is 2.50 bits per heavy atom. The highest BCUT2D eigenvalue weighted by Crippen LogP contribution is 2.35. The van der Waals surface area contributed by atoms with Gasteiger partial charge in [-0.3, -0.25) is 19.2 Å². The standard InChI is InChI=1S/C21H15Cl2N3O5S/c22-16-8-6-15(12-19(16)26(28)29)24-21(27)14-5-7-17(23)20(11-14)32(30,31)25-10-9-13-3-1-2-4-18(13)25/h1-8,11-12H,9-10H2,(H,24,27). The molecule has 0 aliphatic carbocycles. The van der Waals surface area contributed by atoms with E-state index in [9.17, 15) is 23.3 Å². The first kappa shape index (κ1) is 22.1. The van der Waals surface area contributed by atoms with Crippen molar-refractivity contribution in [1.82, 2.24) is 0 Å². The summed E-state index contributed by atoms with van der Waals surface area (Å²) in [6.45, 7) is 0.267. The zero-order valence-electron chi connectivity index (χ0n) is 16.3. The minimum absolute atomic E-state index is 0.0203. The number of nitro groups is 1. The lowest BCUT2D eigenvalue weighted by Gasteiger charge is -2.20. The number of nitrogens with zero attached hydrogens (tertiary/aromatic N) is 2. The van der Waals surface area contributed by atoms with Crippen LogP contribution in [-0.2, 0) is 16.4 Å². The van der Waals surface area contributed by atoms with E-state index in [1.54, 1.807) is 12.1 Å². The Balaban J connectivity index is 1.65. The molecule has 4 rings (SSSR count). The highest BCUT2D eigenvalue weighted by Gasteiger charge is 2.32. The summed E-state index contributed by atoms with van der Waals surface area (Å²) in [6.07, 6.45) is 0.572. The van der Waals surface area contributed by atoms with Crippen LogP contribution in [0.5, 0.6) is 0 Å². The van der Waals surface area contributed by atoms with Crippen molar-refractivity contribution in [3.63, 3.8) is 0 Å². The molecule has 0 aromatic heterocycles. The number of para-hydroxylation sites is 1. The molecule has 1 N–H and O–H groups in total. The maximum absolute atomic E-state index is 13.3. The summed E-state index contributed by atoms with van der Waals surface area (Å²) in [6, 6.07) is 14.9. The summed E-state index contributed by atoms with van der Waals surface area (Å²) in [5.74, 6) is -0.656. The molecule has 0 bridgehead atoms. The van der Waals surface area contributed by atoms with Crippen molar-refractivity contribution >= 4 is 56.2 Å². The minimum atomic E-state index is -4.02. The van der Waals surface area contributed by atoms with Crippen molar-refractivity contribution in [3.05, 3.63) is 92.0 Å². The first-order valence-corrected chi connectivity index (χ1v) is 11.5. The van der Waals surface area contributed by atoms with Gasteiger partial charge >= 0.3 is 0 Å². The van der Waals surface area contributed by atoms with E-state index < -0.39 is 20.9 Å². The van der Waals surface area contributed by atoms with E-state index in [4.69, 9.17) is 23.2 Å². The van der Waals surface area contributed by atoms with Crippen molar-refractivity contribution in [1.29, 1.82) is 0 Å². The molecule has 0 spiro atoms. The van der Waals surface area contributed by atoms with Crippen molar-refractivity contribution in [3.8, 4) is 0 Å². The molecule has 32 heavy (non-hydrogen) atoms. The number of rotatable bonds is 5. The fourth-order valence-electron chi connectivity index (χ4n) is 3.45. The number of sulfonamides is 1. The topological polar surface area (TPSA) is 110 Å². The molecule has 0 unspecified atom stereocenters. The molecular formula is C21H15Cl2N3O5S. The maximum atomic E-state index is 13.3. The fourth-order valence-corrected chi connectivity index (χ4v) is 5.65. The molecule has 8 nitrogen and oxygen atoms in total. The van der Waals surface area contributed by atoms with Crippen LogP contribution in [-0.4, -0.2) is 25.8 Å². The van der Waals surface area contributed by atoms with E-state index in [2.05, 4.69) is 5.32 Å². The SMILES string of the molecule is O=C(Nc1ccc(Cl)c([N+](=O)[O-])c1)c1ccc(Cl)c(S(=O)(=O)N2CCc3ccccc32)c1. The van der Waals surface area contributed by atoms with E-state index in [1.807, 2.05) is 12.1 Å². The third kappa shape index (κ3) is 4.02. The van der Waals surface area contributed by atoms with Crippen LogP contribution in [0.25, 0.3) is 0 Å². The number of carbonyl (C=O) groups is 1. The zero-order chi connectivity index (χ0) is 23.0. The largest absolute Gasteiger partial charge is 0.322 e. The number of halogens is 2. The summed E-state index contributed by atoms with van der Waals surface area (Å²) < 4.78 is 27.9. The number of anilines is 2. The molecule has 0 fully saturated rings. The first-order valence-electron chi connectivity index (χ1n) is 9.34. The van der Waals surface area contributed by atoms with Crippen LogP contribution < -0.4 is 9.62 Å². The van der Waals surface area contributed by atoms with Gasteiger partial charge in [0.1, 0.15) is 9.92 Å². The quantitative estimate of drug-likeness (QED) is 0.402. The second kappa shape index (κ2) is 8.42. The lowest BCUT2D eigenvalue weighted by atomic mass is 10.2. The highest BCUT2D eigenvalue weighted by molar-refractivity contribution is 7.93. The molecule has 11 heteroatoms. The van der Waals surface area contributed by atoms with Crippen LogP contribution in [0.1, 0.15) is 15.9 Å². The lowest BCUT2D eigenvalue weighted by Crippen LogP contribution is -2.29. The van der Waals surface area contributed by atoms with Crippen molar-refractivity contribution in [2.75, 3.05) is 16.2 Å². The van der Waals surface area contributed by atoms with Gasteiger partial charge in [0.15, 0.2) is 0 Å². The number of hydrogen-bond donors (Lipinski definition) is 1. The highest BCUT2D eigenvalue weighted by atomic mass is 35.5. The molecule has 0 atom stereocenters. The molecular weight excluding hydrogens is 477 g/mol. The molecule has 1 aliphatic rings. The number of nitrogens with one attached hydrogen (secondary N) is 1. The second-order valence-corrected chi connectivity index (χ2v) is 9.62. The number of fused-ring (bicyclic) bond motifs is 1. The number of benzene rings is 3. The van der Waals surface area contributed by atoms with Gasteiger partial charge in [-0.05, 0) is 48.4 Å². The molecule has 3 aromatic rings. The van der Waals surface area contributed by atoms with Gasteiger partial charge in [-0.25, -0.2) is 8.42 Å². The smallest absolute Gasteiger partial charge is 0.289 e. The average molecular weight is 492 g/mol. The lowest BCUT2D eigenvalue weighted by molar-refractivity contribution is -0.384. The van der Waals surface area contributed by atoms with E-state index in [0.29, 0.717) is 12.1 Å². The van der Waals surface area contributed by atoms with Crippen LogP contribution in [0.15, 0.2) is 65.6 Å². The van der Waals surface area contributed by atoms with Crippen LogP contribution in [0.4, 0.5) is 17.1 Å². The van der Waals surface area contributed by atoms with Crippen LogP contribution in [0.2, 0.25) is 10.0 Å². The number of hydrogen-bond acceptors (Lipinski definition) is 5. The summed E-state index contributed by atoms with van der Waals surface area (Å²) in [7, 11) is -4.02. The monoisotopic (exact) mass is 491 g/mol. The van der Waals surface area contributed by atoms with Crippen LogP contribution >= 0.6 is 23.2 Å². The Morgan fingerprint density at radius 1 is 1.03 bits per heavy atom. The molecule has 0 saturated carbocycles. The Hall–Kier alpha value is -3.14. The molecule has 1 amide bonds. The molecule has 0 saturated heterocycles. The fraction of sp³-hybridized carbons (Fsp3) is 0.0952. The van der Waals surface area contributed by atoms with Gasteiger partial charge in [-0.2, -0.15) is 0 Å². The van der Waals surface area contributed by atoms with Gasteiger partial charge < -0.3 is 5.32 Å². The molecule has 164 valence electrons. The molecule has 0 radical (unpaired) electrons. The van der Waals surface area contributed by atoms with E-state index in [1.165, 1.54) is 34.6 Å². The summed E-state index contributed by atoms with van der Waals surface area (Å²) >= 11 is 12.0. The zero-order valence-corrected chi connectivity index (χ0v) is 18.6. The maximum Gasteiger partial charge on any atom is 0.289 e. The summed E-state index contributed by atoms with van der Waals surface area (Å²) in [5.41, 5.74) is 1.28. The molecule has 1 aliphatic heterocycles. The Bertz CT molecular complexity index is 1360. The number of nitro benzene ring substituents is 1. The summed E-state index contributed by atoms with van der Waals surface area (Å²) in [4.78, 5) is 22.9. The van der Waals surface area contributed by atoms with Crippen LogP contribution in [0, 0.1) is 10.1 Å². The number of amides is 1. The second-order valence-electron chi connectivity index (χ2n) is 6.98. The van der Waals surface area contributed by atoms with Gasteiger partial charge in [0, 0.05) is 23.9 Å². The molecule has 1 heterocycles. The Labute approximate surface area is 193 Å². The molecule has 3 aromatic carbocycles. The van der Waals surface area contributed by atoms with Crippen molar-refractivity contribution in [2.24, 2.45) is 0 Å². The van der Waals surface area contributed by atoms with Crippen molar-refractivity contribution < 1.29 is 18.1 Å². The normalized spacial score (nSPS) is 13.0. The predicted molar refractivity (Wildman–Crippen MR) is 122 cm³/mol. The van der Waals surface area contributed by atoms with Gasteiger partial charge in [-0.1, -0.05) is 41.4 Å². The van der Waals surface area contributed by atoms with E-state index in [-0.39, 0.29) is 38.4 Å². The number of carbonyl (C=O) groups excluding carboxylic acids is 1. The van der Waals surface area contributed by atoms with E-state index >= 15 is 0 Å². The van der Waals surface area contributed by atoms with Gasteiger partial charge in [0.25, 0.3) is 21.6 Å². The van der Waals surface area contributed by atoms with Crippen molar-refractivity contribution in [2.45, 2.75) is 11.3 Å². The average Bonchev–Trinajstić information content (AvgIpc) is 3.20. The minimum Gasteiger partial charge on any atom is -0.322 e. The van der Waals surface area contributed by atoms with Gasteiger partial charge in [0.05, 0.1) is 15.6 Å². The summed E-state index contributed by atoms with van der Waals surface area (Å²) in [5, 5.41) is 13.5. The van der Waals surface area contributed by atoms with Gasteiger partial charge in [0.2, 0.25) is 0 Å². The van der Waals surface area contributed by atoms with Crippen LogP contribution in [0.3, 0.4) is 0 Å². The third-order valence-electron chi connectivity index (χ3n) is 5.01. The third-order valence-corrected chi connectivity index (χ3v) is 7.62. The Kier molecular flexibility index (Phi) is 5.81. The van der Waals surface area contributed by atoms with Gasteiger partial charge in [-0.15, -0.1) is 0 Å². The first-order chi connectivity index (χ1) is 15.2. The Morgan fingerprint density at radius 2 is 1.75 bits per heavy atom.